The first-order chi connectivity index (χ1) is 7.63. The van der Waals surface area contributed by atoms with Gasteiger partial charge in [-0.05, 0) is 32.9 Å². The van der Waals surface area contributed by atoms with Gasteiger partial charge in [0.1, 0.15) is 5.82 Å². The molecule has 86 valence electrons. The van der Waals surface area contributed by atoms with E-state index in [0.717, 1.165) is 5.71 Å². The number of hydrazone groups is 1. The number of carbonyl (C=O) groups excluding carboxylic acids is 1. The lowest BCUT2D eigenvalue weighted by atomic mass is 10.2. The molecule has 1 rings (SSSR count). The van der Waals surface area contributed by atoms with Gasteiger partial charge in [-0.15, -0.1) is 0 Å². The molecule has 0 radical (unpaired) electrons. The normalized spacial score (nSPS) is 9.44. The van der Waals surface area contributed by atoms with Gasteiger partial charge in [0.15, 0.2) is 0 Å². The largest absolute Gasteiger partial charge is 0.352 e. The zero-order valence-corrected chi connectivity index (χ0v) is 9.74. The second-order valence-electron chi connectivity index (χ2n) is 3.46. The van der Waals surface area contributed by atoms with Crippen LogP contribution in [0.4, 0.5) is 5.82 Å². The van der Waals surface area contributed by atoms with Crippen molar-refractivity contribution in [1.82, 2.24) is 10.3 Å². The Morgan fingerprint density at radius 2 is 2.19 bits per heavy atom. The fourth-order valence-electron chi connectivity index (χ4n) is 1.03. The van der Waals surface area contributed by atoms with Crippen LogP contribution in [0.2, 0.25) is 0 Å². The summed E-state index contributed by atoms with van der Waals surface area (Å²) in [6, 6.07) is 3.43. The van der Waals surface area contributed by atoms with E-state index < -0.39 is 0 Å². The Morgan fingerprint density at radius 3 is 2.69 bits per heavy atom. The summed E-state index contributed by atoms with van der Waals surface area (Å²) in [6.45, 7) is 6.25. The fraction of sp³-hybridized carbons (Fsp3) is 0.364. The highest BCUT2D eigenvalue weighted by Gasteiger charge is 2.03. The number of aromatic nitrogens is 1. The van der Waals surface area contributed by atoms with E-state index in [1.807, 2.05) is 20.8 Å². The van der Waals surface area contributed by atoms with E-state index in [2.05, 4.69) is 20.8 Å². The third kappa shape index (κ3) is 3.68. The van der Waals surface area contributed by atoms with E-state index in [1.54, 1.807) is 12.1 Å². The molecule has 0 saturated carbocycles. The highest BCUT2D eigenvalue weighted by atomic mass is 16.1. The quantitative estimate of drug-likeness (QED) is 0.598. The lowest BCUT2D eigenvalue weighted by Crippen LogP contribution is -2.22. The van der Waals surface area contributed by atoms with Crippen molar-refractivity contribution in [3.05, 3.63) is 23.9 Å². The Labute approximate surface area is 95.0 Å². The van der Waals surface area contributed by atoms with Crippen LogP contribution in [0, 0.1) is 0 Å². The van der Waals surface area contributed by atoms with Gasteiger partial charge in [-0.25, -0.2) is 4.98 Å². The van der Waals surface area contributed by atoms with E-state index >= 15 is 0 Å². The highest BCUT2D eigenvalue weighted by molar-refractivity contribution is 5.94. The zero-order chi connectivity index (χ0) is 12.0. The molecule has 1 aromatic rings. The minimum absolute atomic E-state index is 0.114. The first-order valence-electron chi connectivity index (χ1n) is 5.14. The third-order valence-corrected chi connectivity index (χ3v) is 1.76. The Hall–Kier alpha value is -1.91. The van der Waals surface area contributed by atoms with Crippen molar-refractivity contribution in [1.29, 1.82) is 0 Å². The topological polar surface area (TPSA) is 66.4 Å². The maximum Gasteiger partial charge on any atom is 0.252 e. The molecule has 5 nitrogen and oxygen atoms in total. The second-order valence-corrected chi connectivity index (χ2v) is 3.46. The molecule has 5 heteroatoms. The van der Waals surface area contributed by atoms with Gasteiger partial charge in [0.2, 0.25) is 0 Å². The Balaban J connectivity index is 2.68. The molecule has 0 aromatic carbocycles. The standard InChI is InChI=1S/C11H16N4O/c1-4-12-11(16)9-5-6-10(13-7-9)15-14-8(2)3/h5-7H,4H2,1-3H3,(H,12,16)(H,13,15). The van der Waals surface area contributed by atoms with Gasteiger partial charge in [-0.2, -0.15) is 5.10 Å². The van der Waals surface area contributed by atoms with Crippen LogP contribution in [0.1, 0.15) is 31.1 Å². The maximum atomic E-state index is 11.4. The van der Waals surface area contributed by atoms with Gasteiger partial charge in [-0.3, -0.25) is 10.2 Å². The maximum absolute atomic E-state index is 11.4. The zero-order valence-electron chi connectivity index (χ0n) is 9.74. The van der Waals surface area contributed by atoms with Gasteiger partial charge in [0.25, 0.3) is 5.91 Å². The van der Waals surface area contributed by atoms with Crippen molar-refractivity contribution in [2.24, 2.45) is 5.10 Å². The number of rotatable bonds is 4. The number of anilines is 1. The predicted molar refractivity (Wildman–Crippen MR) is 64.6 cm³/mol. The summed E-state index contributed by atoms with van der Waals surface area (Å²) in [5.41, 5.74) is 4.24. The third-order valence-electron chi connectivity index (χ3n) is 1.76. The van der Waals surface area contributed by atoms with E-state index in [0.29, 0.717) is 17.9 Å². The summed E-state index contributed by atoms with van der Waals surface area (Å²) in [5, 5.41) is 6.71. The summed E-state index contributed by atoms with van der Waals surface area (Å²) in [5.74, 6) is 0.506. The molecule has 16 heavy (non-hydrogen) atoms. The number of carbonyl (C=O) groups is 1. The van der Waals surface area contributed by atoms with Crippen LogP contribution in [-0.4, -0.2) is 23.1 Å². The molecule has 0 aliphatic heterocycles. The van der Waals surface area contributed by atoms with E-state index in [9.17, 15) is 4.79 Å². The molecular weight excluding hydrogens is 204 g/mol. The first-order valence-corrected chi connectivity index (χ1v) is 5.14. The van der Waals surface area contributed by atoms with Gasteiger partial charge >= 0.3 is 0 Å². The van der Waals surface area contributed by atoms with Crippen LogP contribution in [0.3, 0.4) is 0 Å². The molecule has 0 spiro atoms. The van der Waals surface area contributed by atoms with Gasteiger partial charge < -0.3 is 5.32 Å². The molecule has 0 bridgehead atoms. The Morgan fingerprint density at radius 1 is 1.44 bits per heavy atom. The minimum atomic E-state index is -0.114. The van der Waals surface area contributed by atoms with Crippen molar-refractivity contribution in [3.63, 3.8) is 0 Å². The van der Waals surface area contributed by atoms with Crippen LogP contribution in [0.15, 0.2) is 23.4 Å². The molecule has 1 aromatic heterocycles. The van der Waals surface area contributed by atoms with E-state index in [1.165, 1.54) is 6.20 Å². The molecule has 0 aliphatic carbocycles. The lowest BCUT2D eigenvalue weighted by Gasteiger charge is -2.03. The molecule has 0 saturated heterocycles. The number of hydrogen-bond donors (Lipinski definition) is 2. The summed E-state index contributed by atoms with van der Waals surface area (Å²) in [4.78, 5) is 15.5. The molecule has 0 unspecified atom stereocenters. The SMILES string of the molecule is CCNC(=O)c1ccc(NN=C(C)C)nc1. The summed E-state index contributed by atoms with van der Waals surface area (Å²) in [6.07, 6.45) is 1.52. The number of amides is 1. The van der Waals surface area contributed by atoms with Crippen LogP contribution in [0.25, 0.3) is 0 Å². The van der Waals surface area contributed by atoms with Gasteiger partial charge in [0.05, 0.1) is 5.56 Å². The van der Waals surface area contributed by atoms with Crippen molar-refractivity contribution in [2.75, 3.05) is 12.0 Å². The number of nitrogens with one attached hydrogen (secondary N) is 2. The van der Waals surface area contributed by atoms with Gasteiger partial charge in [-0.1, -0.05) is 0 Å². The monoisotopic (exact) mass is 220 g/mol. The van der Waals surface area contributed by atoms with Crippen LogP contribution in [-0.2, 0) is 0 Å². The van der Waals surface area contributed by atoms with Crippen molar-refractivity contribution < 1.29 is 4.79 Å². The molecule has 1 heterocycles. The summed E-state index contributed by atoms with van der Waals surface area (Å²) < 4.78 is 0. The number of pyridine rings is 1. The smallest absolute Gasteiger partial charge is 0.252 e. The lowest BCUT2D eigenvalue weighted by molar-refractivity contribution is 0.0955. The molecule has 0 fully saturated rings. The second kappa shape index (κ2) is 5.85. The van der Waals surface area contributed by atoms with E-state index in [-0.39, 0.29) is 5.91 Å². The number of hydrogen-bond acceptors (Lipinski definition) is 4. The van der Waals surface area contributed by atoms with Crippen molar-refractivity contribution in [2.45, 2.75) is 20.8 Å². The predicted octanol–water partition coefficient (Wildman–Crippen LogP) is 1.64. The van der Waals surface area contributed by atoms with Crippen LogP contribution >= 0.6 is 0 Å². The average Bonchev–Trinajstić information content (AvgIpc) is 2.27. The van der Waals surface area contributed by atoms with Crippen LogP contribution in [0.5, 0.6) is 0 Å². The minimum Gasteiger partial charge on any atom is -0.352 e. The number of nitrogens with zero attached hydrogens (tertiary/aromatic N) is 2. The average molecular weight is 220 g/mol. The Kier molecular flexibility index (Phi) is 4.44. The molecule has 2 N–H and O–H groups in total. The van der Waals surface area contributed by atoms with Crippen molar-refractivity contribution in [3.8, 4) is 0 Å². The Bertz CT molecular complexity index is 379. The fourth-order valence-corrected chi connectivity index (χ4v) is 1.03. The van der Waals surface area contributed by atoms with Gasteiger partial charge in [0, 0.05) is 18.5 Å². The first kappa shape index (κ1) is 12.2. The van der Waals surface area contributed by atoms with Crippen LogP contribution < -0.4 is 10.7 Å². The van der Waals surface area contributed by atoms with Crippen molar-refractivity contribution >= 4 is 17.4 Å². The summed E-state index contributed by atoms with van der Waals surface area (Å²) in [7, 11) is 0. The van der Waals surface area contributed by atoms with E-state index in [4.69, 9.17) is 0 Å². The molecule has 0 aliphatic rings. The molecule has 1 amide bonds. The highest BCUT2D eigenvalue weighted by Crippen LogP contribution is 2.04. The summed E-state index contributed by atoms with van der Waals surface area (Å²) >= 11 is 0. The molecular formula is C11H16N4O. The molecule has 0 atom stereocenters.